The summed E-state index contributed by atoms with van der Waals surface area (Å²) < 4.78 is 25.5. The number of aliphatic hydroxyl groups is 1. The number of hydrogen-bond acceptors (Lipinski definition) is 7. The third-order valence-corrected chi connectivity index (χ3v) is 5.55. The topological polar surface area (TPSA) is 128 Å². The van der Waals surface area contributed by atoms with Crippen LogP contribution < -0.4 is 5.73 Å². The number of rotatable bonds is 22. The van der Waals surface area contributed by atoms with E-state index < -0.39 is 26.5 Å². The van der Waals surface area contributed by atoms with Crippen LogP contribution in [0.4, 0.5) is 0 Å². The first kappa shape index (κ1) is 31.0. The van der Waals surface area contributed by atoms with Gasteiger partial charge in [-0.05, 0) is 38.5 Å². The van der Waals surface area contributed by atoms with Crippen LogP contribution in [0.15, 0.2) is 24.3 Å². The van der Waals surface area contributed by atoms with Crippen LogP contribution in [0.1, 0.15) is 84.0 Å². The Hall–Kier alpha value is -1.02. The monoisotopic (exact) mass is 477 g/mol. The van der Waals surface area contributed by atoms with Crippen LogP contribution in [0.3, 0.4) is 0 Å². The number of hydrogen-bond donors (Lipinski definition) is 3. The van der Waals surface area contributed by atoms with Crippen molar-refractivity contribution in [3.8, 4) is 0 Å². The fraction of sp³-hybridized carbons (Fsp3) is 0.783. The van der Waals surface area contributed by atoms with Gasteiger partial charge in [-0.1, -0.05) is 63.3 Å². The van der Waals surface area contributed by atoms with Crippen molar-refractivity contribution in [2.45, 2.75) is 90.1 Å². The molecule has 0 saturated heterocycles. The predicted molar refractivity (Wildman–Crippen MR) is 127 cm³/mol. The minimum Gasteiger partial charge on any atom is -0.463 e. The number of carbonyl (C=O) groups excluding carboxylic acids is 1. The molecule has 9 heteroatoms. The standard InChI is InChI=1S/C23H44NO7P/c1-2-3-4-5-6-7-8-9-10-11-12-13-14-15-16-17-23(26)29-20-22(25)21-31-32(27,28)30-19-18-24/h6-7,9-10,22,25H,2-5,8,11-21,24H2,1H3,(H,27,28)/b7-6+,10-9+/t22-/m1/s1. The third kappa shape index (κ3) is 22.2. The molecule has 0 aromatic carbocycles. The van der Waals surface area contributed by atoms with E-state index in [-0.39, 0.29) is 26.2 Å². The lowest BCUT2D eigenvalue weighted by Crippen LogP contribution is -2.23. The Morgan fingerprint density at radius 2 is 1.56 bits per heavy atom. The maximum Gasteiger partial charge on any atom is 0.472 e. The summed E-state index contributed by atoms with van der Waals surface area (Å²) >= 11 is 0. The second kappa shape index (κ2) is 21.8. The van der Waals surface area contributed by atoms with E-state index in [4.69, 9.17) is 10.5 Å². The summed E-state index contributed by atoms with van der Waals surface area (Å²) in [5.74, 6) is -0.402. The van der Waals surface area contributed by atoms with Crippen LogP contribution in [-0.4, -0.2) is 48.4 Å². The largest absolute Gasteiger partial charge is 0.472 e. The maximum atomic E-state index is 11.7. The van der Waals surface area contributed by atoms with E-state index in [0.717, 1.165) is 44.9 Å². The van der Waals surface area contributed by atoms with Gasteiger partial charge >= 0.3 is 13.8 Å². The minimum atomic E-state index is -4.24. The lowest BCUT2D eigenvalue weighted by Gasteiger charge is -2.15. The van der Waals surface area contributed by atoms with Gasteiger partial charge in [-0.3, -0.25) is 13.8 Å². The second-order valence-corrected chi connectivity index (χ2v) is 9.16. The molecule has 0 bridgehead atoms. The number of allylic oxidation sites excluding steroid dienone is 4. The summed E-state index contributed by atoms with van der Waals surface area (Å²) in [7, 11) is -4.24. The van der Waals surface area contributed by atoms with E-state index in [0.29, 0.717) is 0 Å². The van der Waals surface area contributed by atoms with Crippen molar-refractivity contribution >= 4 is 13.8 Å². The fourth-order valence-corrected chi connectivity index (χ4v) is 3.55. The molecule has 0 aliphatic carbocycles. The molecule has 0 aromatic rings. The van der Waals surface area contributed by atoms with Crippen molar-refractivity contribution in [2.24, 2.45) is 5.73 Å². The molecular weight excluding hydrogens is 433 g/mol. The molecule has 0 aliphatic heterocycles. The summed E-state index contributed by atoms with van der Waals surface area (Å²) in [4.78, 5) is 21.0. The van der Waals surface area contributed by atoms with Gasteiger partial charge in [0, 0.05) is 13.0 Å². The third-order valence-electron chi connectivity index (χ3n) is 4.57. The summed E-state index contributed by atoms with van der Waals surface area (Å²) in [6, 6.07) is 0. The smallest absolute Gasteiger partial charge is 0.463 e. The average Bonchev–Trinajstić information content (AvgIpc) is 2.77. The Kier molecular flexibility index (Phi) is 21.1. The molecule has 0 saturated carbocycles. The van der Waals surface area contributed by atoms with Crippen LogP contribution in [0.2, 0.25) is 0 Å². The summed E-state index contributed by atoms with van der Waals surface area (Å²) in [5.41, 5.74) is 5.16. The Labute approximate surface area is 193 Å². The zero-order valence-electron chi connectivity index (χ0n) is 19.7. The molecule has 1 unspecified atom stereocenters. The zero-order chi connectivity index (χ0) is 23.9. The number of carbonyl (C=O) groups is 1. The van der Waals surface area contributed by atoms with Crippen molar-refractivity contribution in [3.05, 3.63) is 24.3 Å². The lowest BCUT2D eigenvalue weighted by atomic mass is 10.1. The molecule has 32 heavy (non-hydrogen) atoms. The highest BCUT2D eigenvalue weighted by molar-refractivity contribution is 7.47. The first-order valence-corrected chi connectivity index (χ1v) is 13.4. The molecule has 0 aromatic heterocycles. The van der Waals surface area contributed by atoms with Gasteiger partial charge in [0.25, 0.3) is 0 Å². The van der Waals surface area contributed by atoms with Gasteiger partial charge in [-0.25, -0.2) is 4.57 Å². The number of phosphoric ester groups is 1. The minimum absolute atomic E-state index is 0.0717. The molecule has 0 fully saturated rings. The van der Waals surface area contributed by atoms with Gasteiger partial charge in [-0.2, -0.15) is 0 Å². The molecule has 8 nitrogen and oxygen atoms in total. The Morgan fingerprint density at radius 1 is 0.938 bits per heavy atom. The predicted octanol–water partition coefficient (Wildman–Crippen LogP) is 4.80. The fourth-order valence-electron chi connectivity index (χ4n) is 2.78. The molecule has 0 aliphatic rings. The highest BCUT2D eigenvalue weighted by Crippen LogP contribution is 2.42. The van der Waals surface area contributed by atoms with Gasteiger partial charge in [0.2, 0.25) is 0 Å². The van der Waals surface area contributed by atoms with E-state index in [2.05, 4.69) is 40.3 Å². The van der Waals surface area contributed by atoms with Crippen LogP contribution >= 0.6 is 7.82 Å². The summed E-state index contributed by atoms with van der Waals surface area (Å²) in [5, 5.41) is 9.67. The number of ether oxygens (including phenoxy) is 1. The van der Waals surface area contributed by atoms with Crippen LogP contribution in [0, 0.1) is 0 Å². The van der Waals surface area contributed by atoms with Gasteiger partial charge in [0.1, 0.15) is 12.7 Å². The summed E-state index contributed by atoms with van der Waals surface area (Å²) in [6.45, 7) is 1.39. The van der Waals surface area contributed by atoms with Gasteiger partial charge < -0.3 is 20.5 Å². The zero-order valence-corrected chi connectivity index (χ0v) is 20.6. The van der Waals surface area contributed by atoms with Crippen molar-refractivity contribution < 1.29 is 33.1 Å². The molecule has 0 heterocycles. The Balaban J connectivity index is 3.54. The van der Waals surface area contributed by atoms with Crippen LogP contribution in [0.25, 0.3) is 0 Å². The number of phosphoric acid groups is 1. The van der Waals surface area contributed by atoms with E-state index in [9.17, 15) is 19.4 Å². The normalized spacial score (nSPS) is 14.8. The molecule has 0 spiro atoms. The highest BCUT2D eigenvalue weighted by Gasteiger charge is 2.22. The molecule has 0 amide bonds. The molecule has 0 radical (unpaired) electrons. The van der Waals surface area contributed by atoms with Crippen molar-refractivity contribution in [1.29, 1.82) is 0 Å². The van der Waals surface area contributed by atoms with Crippen molar-refractivity contribution in [2.75, 3.05) is 26.4 Å². The van der Waals surface area contributed by atoms with E-state index in [1.54, 1.807) is 0 Å². The van der Waals surface area contributed by atoms with Gasteiger partial charge in [0.05, 0.1) is 13.2 Å². The van der Waals surface area contributed by atoms with Crippen molar-refractivity contribution in [3.63, 3.8) is 0 Å². The average molecular weight is 478 g/mol. The van der Waals surface area contributed by atoms with E-state index >= 15 is 0 Å². The quantitative estimate of drug-likeness (QED) is 0.0878. The maximum absolute atomic E-state index is 11.7. The number of aliphatic hydroxyl groups excluding tert-OH is 1. The van der Waals surface area contributed by atoms with Gasteiger partial charge in [-0.15, -0.1) is 0 Å². The SMILES string of the molecule is CCCCC/C=C/C/C=C/CCCCCCCC(=O)OC[C@@H](O)COP(=O)(O)OCCN. The molecule has 188 valence electrons. The molecule has 4 N–H and O–H groups in total. The molecule has 2 atom stereocenters. The summed E-state index contributed by atoms with van der Waals surface area (Å²) in [6.07, 6.45) is 20.2. The lowest BCUT2D eigenvalue weighted by molar-refractivity contribution is -0.147. The van der Waals surface area contributed by atoms with E-state index in [1.807, 2.05) is 0 Å². The molecular formula is C23H44NO7P. The first-order chi connectivity index (χ1) is 15.4. The number of esters is 1. The Morgan fingerprint density at radius 3 is 2.22 bits per heavy atom. The van der Waals surface area contributed by atoms with Crippen LogP contribution in [-0.2, 0) is 23.1 Å². The number of unbranched alkanes of at least 4 members (excludes halogenated alkanes) is 8. The second-order valence-electron chi connectivity index (χ2n) is 7.70. The number of nitrogens with two attached hydrogens (primary N) is 1. The van der Waals surface area contributed by atoms with Crippen LogP contribution in [0.5, 0.6) is 0 Å². The van der Waals surface area contributed by atoms with E-state index in [1.165, 1.54) is 25.7 Å². The highest BCUT2D eigenvalue weighted by atomic mass is 31.2. The first-order valence-electron chi connectivity index (χ1n) is 11.9. The molecule has 0 rings (SSSR count). The Bertz CT molecular complexity index is 554. The van der Waals surface area contributed by atoms with Crippen molar-refractivity contribution in [1.82, 2.24) is 0 Å². The van der Waals surface area contributed by atoms with Gasteiger partial charge in [0.15, 0.2) is 0 Å².